The maximum absolute atomic E-state index is 6.01. The molecule has 1 fully saturated rings. The summed E-state index contributed by atoms with van der Waals surface area (Å²) in [5.41, 5.74) is 8.45. The normalized spacial score (nSPS) is 23.0. The van der Waals surface area contributed by atoms with E-state index in [-0.39, 0.29) is 0 Å². The van der Waals surface area contributed by atoms with Gasteiger partial charge in [0.1, 0.15) is 0 Å². The summed E-state index contributed by atoms with van der Waals surface area (Å²) in [6.45, 7) is 7.25. The first-order valence-corrected chi connectivity index (χ1v) is 9.05. The minimum Gasteiger partial charge on any atom is -0.330 e. The van der Waals surface area contributed by atoms with E-state index in [0.717, 1.165) is 31.7 Å². The van der Waals surface area contributed by atoms with Crippen LogP contribution in [0.15, 0.2) is 4.47 Å². The molecule has 21 heavy (non-hydrogen) atoms. The van der Waals surface area contributed by atoms with Gasteiger partial charge in [0.05, 0.1) is 15.9 Å². The van der Waals surface area contributed by atoms with Crippen molar-refractivity contribution in [3.8, 4) is 0 Å². The quantitative estimate of drug-likeness (QED) is 0.851. The van der Waals surface area contributed by atoms with E-state index in [2.05, 4.69) is 39.8 Å². The fourth-order valence-electron chi connectivity index (χ4n) is 3.59. The zero-order chi connectivity index (χ0) is 15.4. The van der Waals surface area contributed by atoms with Crippen molar-refractivity contribution in [3.63, 3.8) is 0 Å². The van der Waals surface area contributed by atoms with Gasteiger partial charge < -0.3 is 5.73 Å². The second-order valence-electron chi connectivity index (χ2n) is 6.10. The Morgan fingerprint density at radius 3 is 2.62 bits per heavy atom. The zero-order valence-electron chi connectivity index (χ0n) is 13.6. The predicted molar refractivity (Wildman–Crippen MR) is 91.2 cm³/mol. The summed E-state index contributed by atoms with van der Waals surface area (Å²) in [5.74, 6) is 0.649. The van der Waals surface area contributed by atoms with Crippen LogP contribution in [0.1, 0.15) is 50.9 Å². The molecule has 1 heterocycles. The van der Waals surface area contributed by atoms with E-state index in [1.165, 1.54) is 35.8 Å². The van der Waals surface area contributed by atoms with Crippen LogP contribution in [0.5, 0.6) is 0 Å². The molecule has 0 spiro atoms. The maximum atomic E-state index is 6.01. The van der Waals surface area contributed by atoms with Crippen molar-refractivity contribution in [3.05, 3.63) is 15.9 Å². The van der Waals surface area contributed by atoms with E-state index in [0.29, 0.717) is 12.0 Å². The second kappa shape index (κ2) is 7.75. The Kier molecular flexibility index (Phi) is 6.26. The lowest BCUT2D eigenvalue weighted by atomic mass is 9.83. The number of rotatable bonds is 6. The molecule has 1 aliphatic carbocycles. The number of hydrogen-bond acceptors (Lipinski definition) is 3. The average molecular weight is 357 g/mol. The number of hydrogen-bond donors (Lipinski definition) is 1. The molecule has 0 amide bonds. The lowest BCUT2D eigenvalue weighted by Gasteiger charge is -2.39. The molecule has 2 unspecified atom stereocenters. The molecule has 0 radical (unpaired) electrons. The van der Waals surface area contributed by atoms with Gasteiger partial charge in [-0.15, -0.1) is 0 Å². The summed E-state index contributed by atoms with van der Waals surface area (Å²) in [6, 6.07) is 0.626. The smallest absolute Gasteiger partial charge is 0.0767 e. The first-order valence-electron chi connectivity index (χ1n) is 8.26. The van der Waals surface area contributed by atoms with Crippen molar-refractivity contribution in [2.75, 3.05) is 13.1 Å². The van der Waals surface area contributed by atoms with Crippen molar-refractivity contribution in [1.29, 1.82) is 0 Å². The fourth-order valence-corrected chi connectivity index (χ4v) is 4.33. The van der Waals surface area contributed by atoms with Crippen LogP contribution in [0.25, 0.3) is 0 Å². The van der Waals surface area contributed by atoms with Crippen LogP contribution < -0.4 is 5.73 Å². The van der Waals surface area contributed by atoms with E-state index in [4.69, 9.17) is 5.73 Å². The third-order valence-corrected chi connectivity index (χ3v) is 5.82. The molecule has 4 nitrogen and oxygen atoms in total. The van der Waals surface area contributed by atoms with Gasteiger partial charge in [-0.1, -0.05) is 26.7 Å². The van der Waals surface area contributed by atoms with Gasteiger partial charge in [0.25, 0.3) is 0 Å². The number of aromatic nitrogens is 2. The van der Waals surface area contributed by atoms with Gasteiger partial charge in [0.2, 0.25) is 0 Å². The molecular formula is C16H29BrN4. The second-order valence-corrected chi connectivity index (χ2v) is 6.89. The molecular weight excluding hydrogens is 328 g/mol. The summed E-state index contributed by atoms with van der Waals surface area (Å²) in [7, 11) is 2.05. The molecule has 0 aliphatic heterocycles. The van der Waals surface area contributed by atoms with Crippen LogP contribution in [0.4, 0.5) is 0 Å². The molecule has 5 heteroatoms. The summed E-state index contributed by atoms with van der Waals surface area (Å²) in [5, 5.41) is 4.62. The van der Waals surface area contributed by atoms with Gasteiger partial charge in [-0.25, -0.2) is 0 Å². The monoisotopic (exact) mass is 356 g/mol. The molecule has 0 saturated heterocycles. The Labute approximate surface area is 137 Å². The highest BCUT2D eigenvalue weighted by Crippen LogP contribution is 2.30. The van der Waals surface area contributed by atoms with Crippen LogP contribution in [0.2, 0.25) is 0 Å². The molecule has 2 rings (SSSR count). The third kappa shape index (κ3) is 3.69. The van der Waals surface area contributed by atoms with Crippen molar-refractivity contribution >= 4 is 15.9 Å². The van der Waals surface area contributed by atoms with Crippen LogP contribution in [0, 0.1) is 5.92 Å². The number of nitrogens with two attached hydrogens (primary N) is 1. The van der Waals surface area contributed by atoms with E-state index in [9.17, 15) is 0 Å². The zero-order valence-corrected chi connectivity index (χ0v) is 15.2. The molecule has 0 bridgehead atoms. The topological polar surface area (TPSA) is 47.1 Å². The van der Waals surface area contributed by atoms with Gasteiger partial charge in [0, 0.05) is 19.6 Å². The minimum absolute atomic E-state index is 0.626. The lowest BCUT2D eigenvalue weighted by Crippen LogP contribution is -2.44. The molecule has 2 atom stereocenters. The number of aryl methyl sites for hydroxylation is 2. The first-order chi connectivity index (χ1) is 10.1. The molecule has 1 saturated carbocycles. The van der Waals surface area contributed by atoms with E-state index in [1.54, 1.807) is 0 Å². The Hall–Kier alpha value is -0.390. The highest BCUT2D eigenvalue weighted by molar-refractivity contribution is 9.10. The van der Waals surface area contributed by atoms with Crippen molar-refractivity contribution in [2.45, 2.75) is 58.5 Å². The van der Waals surface area contributed by atoms with Crippen LogP contribution in [0.3, 0.4) is 0 Å². The summed E-state index contributed by atoms with van der Waals surface area (Å²) < 4.78 is 3.22. The summed E-state index contributed by atoms with van der Waals surface area (Å²) in [6.07, 6.45) is 6.21. The Morgan fingerprint density at radius 1 is 1.33 bits per heavy atom. The Bertz CT molecular complexity index is 457. The fraction of sp³-hybridized carbons (Fsp3) is 0.812. The van der Waals surface area contributed by atoms with Crippen LogP contribution in [-0.2, 0) is 20.0 Å². The molecule has 1 aromatic heterocycles. The van der Waals surface area contributed by atoms with Crippen molar-refractivity contribution < 1.29 is 0 Å². The molecule has 0 aromatic carbocycles. The lowest BCUT2D eigenvalue weighted by molar-refractivity contribution is 0.103. The number of nitrogens with zero attached hydrogens (tertiary/aromatic N) is 3. The highest BCUT2D eigenvalue weighted by Gasteiger charge is 2.29. The standard InChI is InChI=1S/C16H29BrN4/c1-4-13-16(17)15(20(3)19-13)11-21(5-2)14-9-7-6-8-12(14)10-18/h12,14H,4-11,18H2,1-3H3. The third-order valence-electron chi connectivity index (χ3n) is 4.90. The van der Waals surface area contributed by atoms with Gasteiger partial charge in [-0.3, -0.25) is 9.58 Å². The number of halogens is 1. The highest BCUT2D eigenvalue weighted by atomic mass is 79.9. The molecule has 1 aliphatic rings. The van der Waals surface area contributed by atoms with Crippen LogP contribution in [-0.4, -0.2) is 33.8 Å². The largest absolute Gasteiger partial charge is 0.330 e. The van der Waals surface area contributed by atoms with Gasteiger partial charge in [-0.05, 0) is 54.2 Å². The van der Waals surface area contributed by atoms with E-state index in [1.807, 2.05) is 11.7 Å². The van der Waals surface area contributed by atoms with Crippen molar-refractivity contribution in [1.82, 2.24) is 14.7 Å². The summed E-state index contributed by atoms with van der Waals surface area (Å²) in [4.78, 5) is 2.60. The van der Waals surface area contributed by atoms with Crippen molar-refractivity contribution in [2.24, 2.45) is 18.7 Å². The predicted octanol–water partition coefficient (Wildman–Crippen LogP) is 3.08. The maximum Gasteiger partial charge on any atom is 0.0767 e. The van der Waals surface area contributed by atoms with E-state index >= 15 is 0 Å². The first kappa shape index (κ1) is 17.0. The molecule has 120 valence electrons. The van der Waals surface area contributed by atoms with Gasteiger partial charge in [0.15, 0.2) is 0 Å². The van der Waals surface area contributed by atoms with E-state index < -0.39 is 0 Å². The molecule has 1 aromatic rings. The van der Waals surface area contributed by atoms with Gasteiger partial charge in [-0.2, -0.15) is 5.10 Å². The average Bonchev–Trinajstić information content (AvgIpc) is 2.79. The van der Waals surface area contributed by atoms with Gasteiger partial charge >= 0.3 is 0 Å². The minimum atomic E-state index is 0.626. The Balaban J connectivity index is 2.16. The molecule has 2 N–H and O–H groups in total. The summed E-state index contributed by atoms with van der Waals surface area (Å²) >= 11 is 3.74. The Morgan fingerprint density at radius 2 is 2.05 bits per heavy atom. The SMILES string of the molecule is CCc1nn(C)c(CN(CC)C2CCCCC2CN)c1Br. The van der Waals surface area contributed by atoms with Crippen LogP contribution >= 0.6 is 15.9 Å².